The summed E-state index contributed by atoms with van der Waals surface area (Å²) in [5.74, 6) is 0.382. The first-order chi connectivity index (χ1) is 6.85. The molecule has 1 saturated carbocycles. The van der Waals surface area contributed by atoms with Gasteiger partial charge in [0.2, 0.25) is 0 Å². The monoisotopic (exact) mass is 185 g/mol. The molecule has 1 heterocycles. The molecule has 0 amide bonds. The van der Waals surface area contributed by atoms with Gasteiger partial charge in [0.15, 0.2) is 5.75 Å². The molecule has 14 heavy (non-hydrogen) atoms. The van der Waals surface area contributed by atoms with Crippen LogP contribution in [0.1, 0.15) is 24.0 Å². The molecule has 2 rings (SSSR count). The van der Waals surface area contributed by atoms with Gasteiger partial charge in [-0.25, -0.2) is 0 Å². The van der Waals surface area contributed by atoms with E-state index in [1.54, 1.807) is 0 Å². The van der Waals surface area contributed by atoms with Crippen molar-refractivity contribution in [2.45, 2.75) is 18.9 Å². The van der Waals surface area contributed by atoms with Gasteiger partial charge in [-0.15, -0.1) is 0 Å². The first kappa shape index (κ1) is 8.52. The van der Waals surface area contributed by atoms with Crippen LogP contribution in [-0.4, -0.2) is 11.1 Å². The lowest BCUT2D eigenvalue weighted by molar-refractivity contribution is 0.301. The zero-order valence-electron chi connectivity index (χ0n) is 7.40. The SMILES string of the molecule is N#Cc1cncc(C#N)c1OC1CC1. The van der Waals surface area contributed by atoms with Gasteiger partial charge in [-0.1, -0.05) is 0 Å². The molecule has 0 radical (unpaired) electrons. The van der Waals surface area contributed by atoms with Crippen LogP contribution < -0.4 is 4.74 Å². The molecule has 0 spiro atoms. The Morgan fingerprint density at radius 2 is 1.79 bits per heavy atom. The van der Waals surface area contributed by atoms with Gasteiger partial charge in [0.05, 0.1) is 6.10 Å². The van der Waals surface area contributed by atoms with E-state index in [9.17, 15) is 0 Å². The van der Waals surface area contributed by atoms with E-state index in [1.807, 2.05) is 12.1 Å². The highest BCUT2D eigenvalue weighted by molar-refractivity contribution is 5.51. The second kappa shape index (κ2) is 3.35. The number of aromatic nitrogens is 1. The normalized spacial score (nSPS) is 14.1. The second-order valence-electron chi connectivity index (χ2n) is 3.10. The molecule has 0 aromatic carbocycles. The van der Waals surface area contributed by atoms with Crippen molar-refractivity contribution < 1.29 is 4.74 Å². The third-order valence-electron chi connectivity index (χ3n) is 1.95. The molecule has 4 heteroatoms. The third-order valence-corrected chi connectivity index (χ3v) is 1.95. The van der Waals surface area contributed by atoms with Gasteiger partial charge in [0.25, 0.3) is 0 Å². The number of hydrogen-bond acceptors (Lipinski definition) is 4. The van der Waals surface area contributed by atoms with Crippen molar-refractivity contribution in [2.75, 3.05) is 0 Å². The summed E-state index contributed by atoms with van der Waals surface area (Å²) in [6.07, 6.45) is 5.00. The van der Waals surface area contributed by atoms with Crippen molar-refractivity contribution >= 4 is 0 Å². The summed E-state index contributed by atoms with van der Waals surface area (Å²) in [4.78, 5) is 3.79. The molecule has 0 N–H and O–H groups in total. The Balaban J connectivity index is 2.41. The summed E-state index contributed by atoms with van der Waals surface area (Å²) < 4.78 is 5.48. The van der Waals surface area contributed by atoms with Crippen molar-refractivity contribution in [1.82, 2.24) is 4.98 Å². The molecule has 0 atom stereocenters. The van der Waals surface area contributed by atoms with Crippen molar-refractivity contribution in [2.24, 2.45) is 0 Å². The van der Waals surface area contributed by atoms with Crippen LogP contribution in [0.25, 0.3) is 0 Å². The van der Waals surface area contributed by atoms with Gasteiger partial charge >= 0.3 is 0 Å². The molecule has 0 bridgehead atoms. The highest BCUT2D eigenvalue weighted by Gasteiger charge is 2.26. The predicted molar refractivity (Wildman–Crippen MR) is 47.3 cm³/mol. The zero-order valence-corrected chi connectivity index (χ0v) is 7.40. The van der Waals surface area contributed by atoms with Gasteiger partial charge in [-0.3, -0.25) is 4.98 Å². The Morgan fingerprint density at radius 3 is 2.21 bits per heavy atom. The molecule has 1 aromatic heterocycles. The van der Waals surface area contributed by atoms with E-state index in [0.29, 0.717) is 16.9 Å². The van der Waals surface area contributed by atoms with Crippen LogP contribution >= 0.6 is 0 Å². The van der Waals surface area contributed by atoms with E-state index in [1.165, 1.54) is 12.4 Å². The highest BCUT2D eigenvalue weighted by atomic mass is 16.5. The Bertz CT molecular complexity index is 405. The Morgan fingerprint density at radius 1 is 1.21 bits per heavy atom. The maximum Gasteiger partial charge on any atom is 0.158 e. The minimum atomic E-state index is 0.177. The predicted octanol–water partition coefficient (Wildman–Crippen LogP) is 1.37. The first-order valence-electron chi connectivity index (χ1n) is 4.30. The maximum atomic E-state index is 8.79. The molecular formula is C10H7N3O. The summed E-state index contributed by atoms with van der Waals surface area (Å²) in [6, 6.07) is 3.93. The van der Waals surface area contributed by atoms with Gasteiger partial charge in [-0.05, 0) is 12.8 Å². The summed E-state index contributed by atoms with van der Waals surface area (Å²) in [5, 5.41) is 17.6. The van der Waals surface area contributed by atoms with Gasteiger partial charge in [0, 0.05) is 12.4 Å². The lowest BCUT2D eigenvalue weighted by Gasteiger charge is -2.06. The lowest BCUT2D eigenvalue weighted by Crippen LogP contribution is -2.01. The van der Waals surface area contributed by atoms with Crippen LogP contribution in [0.4, 0.5) is 0 Å². The molecule has 4 nitrogen and oxygen atoms in total. The third kappa shape index (κ3) is 1.51. The van der Waals surface area contributed by atoms with Crippen LogP contribution in [0, 0.1) is 22.7 Å². The fourth-order valence-corrected chi connectivity index (χ4v) is 1.09. The number of ether oxygens (including phenoxy) is 1. The molecule has 0 aliphatic heterocycles. The van der Waals surface area contributed by atoms with Crippen molar-refractivity contribution in [1.29, 1.82) is 10.5 Å². The van der Waals surface area contributed by atoms with Crippen molar-refractivity contribution in [3.8, 4) is 17.9 Å². The topological polar surface area (TPSA) is 69.7 Å². The van der Waals surface area contributed by atoms with E-state index in [4.69, 9.17) is 15.3 Å². The van der Waals surface area contributed by atoms with Crippen LogP contribution in [-0.2, 0) is 0 Å². The van der Waals surface area contributed by atoms with Crippen molar-refractivity contribution in [3.05, 3.63) is 23.5 Å². The molecule has 1 aliphatic carbocycles. The molecular weight excluding hydrogens is 178 g/mol. The van der Waals surface area contributed by atoms with E-state index >= 15 is 0 Å². The fourth-order valence-electron chi connectivity index (χ4n) is 1.09. The number of nitrogens with zero attached hydrogens (tertiary/aromatic N) is 3. The zero-order chi connectivity index (χ0) is 9.97. The summed E-state index contributed by atoms with van der Waals surface area (Å²) >= 11 is 0. The summed E-state index contributed by atoms with van der Waals surface area (Å²) in [5.41, 5.74) is 0.659. The molecule has 1 fully saturated rings. The number of nitriles is 2. The minimum absolute atomic E-state index is 0.177. The maximum absolute atomic E-state index is 8.79. The smallest absolute Gasteiger partial charge is 0.158 e. The van der Waals surface area contributed by atoms with Crippen LogP contribution in [0.3, 0.4) is 0 Å². The Hall–Kier alpha value is -2.07. The van der Waals surface area contributed by atoms with E-state index in [-0.39, 0.29) is 6.10 Å². The number of rotatable bonds is 2. The Labute approximate surface area is 81.4 Å². The van der Waals surface area contributed by atoms with E-state index in [2.05, 4.69) is 4.98 Å². The standard InChI is InChI=1S/C10H7N3O/c11-3-7-5-13-6-8(4-12)10(7)14-9-1-2-9/h5-6,9H,1-2H2. The van der Waals surface area contributed by atoms with Gasteiger partial charge in [-0.2, -0.15) is 10.5 Å². The lowest BCUT2D eigenvalue weighted by atomic mass is 10.2. The molecule has 1 aromatic rings. The van der Waals surface area contributed by atoms with Crippen molar-refractivity contribution in [3.63, 3.8) is 0 Å². The molecule has 0 unspecified atom stereocenters. The second-order valence-corrected chi connectivity index (χ2v) is 3.10. The molecule has 0 saturated heterocycles. The number of pyridine rings is 1. The number of hydrogen-bond donors (Lipinski definition) is 0. The van der Waals surface area contributed by atoms with E-state index in [0.717, 1.165) is 12.8 Å². The first-order valence-corrected chi connectivity index (χ1v) is 4.30. The summed E-state index contributed by atoms with van der Waals surface area (Å²) in [7, 11) is 0. The Kier molecular flexibility index (Phi) is 2.04. The van der Waals surface area contributed by atoms with Gasteiger partial charge in [0.1, 0.15) is 23.3 Å². The van der Waals surface area contributed by atoms with E-state index < -0.39 is 0 Å². The van der Waals surface area contributed by atoms with Gasteiger partial charge < -0.3 is 4.74 Å². The van der Waals surface area contributed by atoms with Crippen LogP contribution in [0.5, 0.6) is 5.75 Å². The minimum Gasteiger partial charge on any atom is -0.488 e. The largest absolute Gasteiger partial charge is 0.488 e. The summed E-state index contributed by atoms with van der Waals surface area (Å²) in [6.45, 7) is 0. The van der Waals surface area contributed by atoms with Crippen LogP contribution in [0.15, 0.2) is 12.4 Å². The fraction of sp³-hybridized carbons (Fsp3) is 0.300. The average Bonchev–Trinajstić information content (AvgIpc) is 3.02. The molecule has 1 aliphatic rings. The van der Waals surface area contributed by atoms with Crippen LogP contribution in [0.2, 0.25) is 0 Å². The highest BCUT2D eigenvalue weighted by Crippen LogP contribution is 2.30. The quantitative estimate of drug-likeness (QED) is 0.697. The average molecular weight is 185 g/mol. The molecule has 68 valence electrons.